The Morgan fingerprint density at radius 2 is 2.36 bits per heavy atom. The second-order valence-electron chi connectivity index (χ2n) is 2.23. The summed E-state index contributed by atoms with van der Waals surface area (Å²) in [5, 5.41) is 9.55. The van der Waals surface area contributed by atoms with Gasteiger partial charge in [0, 0.05) is 5.69 Å². The van der Waals surface area contributed by atoms with Gasteiger partial charge in [-0.15, -0.1) is 0 Å². The van der Waals surface area contributed by atoms with Crippen LogP contribution in [-0.4, -0.2) is 10.9 Å². The average molecular weight is 150 g/mol. The van der Waals surface area contributed by atoms with Crippen LogP contribution in [0.2, 0.25) is 0 Å². The maximum Gasteiger partial charge on any atom is 0.190 e. The Hall–Kier alpha value is -1.58. The van der Waals surface area contributed by atoms with Gasteiger partial charge in [-0.3, -0.25) is 10.4 Å². The van der Waals surface area contributed by atoms with Crippen molar-refractivity contribution in [1.29, 1.82) is 5.41 Å². The molecule has 0 aliphatic carbocycles. The number of anilines is 1. The van der Waals surface area contributed by atoms with E-state index in [0.717, 1.165) is 11.4 Å². The number of aromatic nitrogens is 1. The molecule has 1 rings (SSSR count). The summed E-state index contributed by atoms with van der Waals surface area (Å²) in [6.07, 6.45) is 1.64. The van der Waals surface area contributed by atoms with Gasteiger partial charge in [-0.25, -0.2) is 0 Å². The summed E-state index contributed by atoms with van der Waals surface area (Å²) in [6, 6.07) is 3.68. The van der Waals surface area contributed by atoms with E-state index in [0.29, 0.717) is 0 Å². The Morgan fingerprint density at radius 1 is 1.64 bits per heavy atom. The highest BCUT2D eigenvalue weighted by atomic mass is 15.0. The number of rotatable bonds is 1. The minimum Gasteiger partial charge on any atom is -0.370 e. The topological polar surface area (TPSA) is 74.8 Å². The molecule has 0 aromatic carbocycles. The monoisotopic (exact) mass is 150 g/mol. The van der Waals surface area contributed by atoms with Crippen molar-refractivity contribution in [2.45, 2.75) is 6.92 Å². The van der Waals surface area contributed by atoms with Crippen molar-refractivity contribution in [3.05, 3.63) is 24.0 Å². The Bertz CT molecular complexity index is 252. The molecule has 0 spiro atoms. The fraction of sp³-hybridized carbons (Fsp3) is 0.143. The lowest BCUT2D eigenvalue weighted by Gasteiger charge is -2.01. The highest BCUT2D eigenvalue weighted by molar-refractivity contribution is 5.89. The molecular formula is C7H10N4. The van der Waals surface area contributed by atoms with Gasteiger partial charge in [0.15, 0.2) is 5.96 Å². The molecular weight excluding hydrogens is 140 g/mol. The molecule has 4 nitrogen and oxygen atoms in total. The lowest BCUT2D eigenvalue weighted by molar-refractivity contribution is 1.20. The van der Waals surface area contributed by atoms with Crippen molar-refractivity contribution in [3.8, 4) is 0 Å². The maximum absolute atomic E-state index is 6.92. The summed E-state index contributed by atoms with van der Waals surface area (Å²) in [6.45, 7) is 1.90. The van der Waals surface area contributed by atoms with Gasteiger partial charge >= 0.3 is 0 Å². The smallest absolute Gasteiger partial charge is 0.190 e. The van der Waals surface area contributed by atoms with Gasteiger partial charge in [-0.05, 0) is 19.1 Å². The first kappa shape index (κ1) is 7.53. The largest absolute Gasteiger partial charge is 0.370 e. The van der Waals surface area contributed by atoms with E-state index in [4.69, 9.17) is 11.1 Å². The van der Waals surface area contributed by atoms with Crippen LogP contribution in [0.5, 0.6) is 0 Å². The number of guanidine groups is 1. The van der Waals surface area contributed by atoms with Gasteiger partial charge in [0.2, 0.25) is 0 Å². The lowest BCUT2D eigenvalue weighted by Crippen LogP contribution is -2.20. The van der Waals surface area contributed by atoms with Crippen molar-refractivity contribution in [3.63, 3.8) is 0 Å². The zero-order valence-corrected chi connectivity index (χ0v) is 6.26. The third-order valence-corrected chi connectivity index (χ3v) is 1.19. The molecule has 0 saturated carbocycles. The molecule has 1 aromatic rings. The summed E-state index contributed by atoms with van der Waals surface area (Å²) >= 11 is 0. The normalized spacial score (nSPS) is 9.18. The van der Waals surface area contributed by atoms with Crippen LogP contribution in [0.25, 0.3) is 0 Å². The number of nitrogens with two attached hydrogens (primary N) is 1. The lowest BCUT2D eigenvalue weighted by atomic mass is 10.3. The first-order valence-electron chi connectivity index (χ1n) is 3.22. The molecule has 0 saturated heterocycles. The molecule has 0 unspecified atom stereocenters. The minimum atomic E-state index is -0.0735. The van der Waals surface area contributed by atoms with Crippen LogP contribution in [-0.2, 0) is 0 Å². The SMILES string of the molecule is Cc1ccc(NC(=N)N)cn1. The Labute approximate surface area is 65.0 Å². The fourth-order valence-corrected chi connectivity index (χ4v) is 0.697. The molecule has 1 aromatic heterocycles. The molecule has 11 heavy (non-hydrogen) atoms. The van der Waals surface area contributed by atoms with E-state index in [9.17, 15) is 0 Å². The third kappa shape index (κ3) is 2.25. The maximum atomic E-state index is 6.92. The molecule has 0 amide bonds. The molecule has 0 aliphatic heterocycles. The Balaban J connectivity index is 2.74. The van der Waals surface area contributed by atoms with Crippen LogP contribution in [0.1, 0.15) is 5.69 Å². The van der Waals surface area contributed by atoms with Crippen LogP contribution < -0.4 is 11.1 Å². The van der Waals surface area contributed by atoms with E-state index in [-0.39, 0.29) is 5.96 Å². The highest BCUT2D eigenvalue weighted by Crippen LogP contribution is 2.03. The van der Waals surface area contributed by atoms with Gasteiger partial charge in [0.1, 0.15) is 0 Å². The summed E-state index contributed by atoms with van der Waals surface area (Å²) in [7, 11) is 0. The predicted molar refractivity (Wildman–Crippen MR) is 44.5 cm³/mol. The molecule has 1 heterocycles. The van der Waals surface area contributed by atoms with Crippen LogP contribution >= 0.6 is 0 Å². The zero-order valence-electron chi connectivity index (χ0n) is 6.26. The van der Waals surface area contributed by atoms with Crippen molar-refractivity contribution in [2.24, 2.45) is 5.73 Å². The second kappa shape index (κ2) is 3.01. The summed E-state index contributed by atoms with van der Waals surface area (Å²) < 4.78 is 0. The van der Waals surface area contributed by atoms with Crippen molar-refractivity contribution in [2.75, 3.05) is 5.32 Å². The number of hydrogen-bond acceptors (Lipinski definition) is 2. The van der Waals surface area contributed by atoms with Crippen molar-refractivity contribution >= 4 is 11.6 Å². The Morgan fingerprint density at radius 3 is 2.82 bits per heavy atom. The average Bonchev–Trinajstić information content (AvgIpc) is 1.93. The van der Waals surface area contributed by atoms with E-state index in [1.807, 2.05) is 19.1 Å². The standard InChI is InChI=1S/C7H10N4/c1-5-2-3-6(4-10-5)11-7(8)9/h2-4H,1H3,(H4,8,9,11). The minimum absolute atomic E-state index is 0.0735. The Kier molecular flexibility index (Phi) is 2.06. The van der Waals surface area contributed by atoms with E-state index in [1.54, 1.807) is 6.20 Å². The first-order valence-corrected chi connectivity index (χ1v) is 3.22. The van der Waals surface area contributed by atoms with Crippen molar-refractivity contribution in [1.82, 2.24) is 4.98 Å². The van der Waals surface area contributed by atoms with Crippen molar-refractivity contribution < 1.29 is 0 Å². The number of pyridine rings is 1. The van der Waals surface area contributed by atoms with Gasteiger partial charge < -0.3 is 11.1 Å². The van der Waals surface area contributed by atoms with Crippen LogP contribution in [0.4, 0.5) is 5.69 Å². The number of nitrogens with one attached hydrogen (secondary N) is 2. The molecule has 0 atom stereocenters. The van der Waals surface area contributed by atoms with E-state index >= 15 is 0 Å². The molecule has 0 aliphatic rings. The third-order valence-electron chi connectivity index (χ3n) is 1.19. The van der Waals surface area contributed by atoms with Crippen LogP contribution in [0.3, 0.4) is 0 Å². The molecule has 4 heteroatoms. The molecule has 4 N–H and O–H groups in total. The van der Waals surface area contributed by atoms with E-state index in [1.165, 1.54) is 0 Å². The van der Waals surface area contributed by atoms with Gasteiger partial charge in [-0.1, -0.05) is 0 Å². The molecule has 58 valence electrons. The number of aryl methyl sites for hydroxylation is 1. The fourth-order valence-electron chi connectivity index (χ4n) is 0.697. The van der Waals surface area contributed by atoms with Gasteiger partial charge in [0.25, 0.3) is 0 Å². The summed E-state index contributed by atoms with van der Waals surface area (Å²) in [5.41, 5.74) is 6.79. The number of nitrogens with zero attached hydrogens (tertiary/aromatic N) is 1. The predicted octanol–water partition coefficient (Wildman–Crippen LogP) is 0.695. The van der Waals surface area contributed by atoms with Gasteiger partial charge in [0.05, 0.1) is 11.9 Å². The first-order chi connectivity index (χ1) is 5.18. The van der Waals surface area contributed by atoms with Crippen LogP contribution in [0, 0.1) is 12.3 Å². The molecule has 0 fully saturated rings. The zero-order chi connectivity index (χ0) is 8.27. The quantitative estimate of drug-likeness (QED) is 0.407. The molecule has 0 radical (unpaired) electrons. The summed E-state index contributed by atoms with van der Waals surface area (Å²) in [5.74, 6) is -0.0735. The number of hydrogen-bond donors (Lipinski definition) is 3. The van der Waals surface area contributed by atoms with E-state index < -0.39 is 0 Å². The highest BCUT2D eigenvalue weighted by Gasteiger charge is 1.91. The molecule has 0 bridgehead atoms. The van der Waals surface area contributed by atoms with Gasteiger partial charge in [-0.2, -0.15) is 0 Å². The van der Waals surface area contributed by atoms with E-state index in [2.05, 4.69) is 10.3 Å². The second-order valence-corrected chi connectivity index (χ2v) is 2.23. The summed E-state index contributed by atoms with van der Waals surface area (Å²) in [4.78, 5) is 4.02. The van der Waals surface area contributed by atoms with Crippen LogP contribution in [0.15, 0.2) is 18.3 Å².